The minimum atomic E-state index is -0.810. The van der Waals surface area contributed by atoms with E-state index in [0.717, 1.165) is 4.90 Å². The molecule has 0 saturated carbocycles. The van der Waals surface area contributed by atoms with Crippen molar-refractivity contribution in [2.24, 2.45) is 0 Å². The lowest BCUT2D eigenvalue weighted by Gasteiger charge is -2.29. The molecule has 2 N–H and O–H groups in total. The van der Waals surface area contributed by atoms with Crippen LogP contribution in [0.4, 0.5) is 20.2 Å². The zero-order valence-corrected chi connectivity index (χ0v) is 19.8. The van der Waals surface area contributed by atoms with E-state index in [4.69, 9.17) is 28.6 Å². The van der Waals surface area contributed by atoms with Gasteiger partial charge in [0.05, 0.1) is 16.4 Å². The minimum absolute atomic E-state index is 0.0125. The van der Waals surface area contributed by atoms with E-state index < -0.39 is 36.0 Å². The molecule has 11 heteroatoms. The minimum Gasteiger partial charge on any atom is -0.482 e. The summed E-state index contributed by atoms with van der Waals surface area (Å²) in [4.78, 5) is 38.4. The Morgan fingerprint density at radius 1 is 1.06 bits per heavy atom. The number of benzene rings is 3. The molecule has 3 aromatic rings. The fraction of sp³-hybridized carbons (Fsp3) is 0.0400. The number of ether oxygens (including phenoxy) is 1. The first-order valence-electron chi connectivity index (χ1n) is 10.4. The summed E-state index contributed by atoms with van der Waals surface area (Å²) < 4.78 is 33.3. The molecule has 3 amide bonds. The maximum absolute atomic E-state index is 14.3. The number of anilines is 2. The third kappa shape index (κ3) is 5.40. The first-order chi connectivity index (χ1) is 17.2. The molecule has 0 unspecified atom stereocenters. The normalized spacial score (nSPS) is 14.6. The van der Waals surface area contributed by atoms with Gasteiger partial charge in [0, 0.05) is 0 Å². The largest absolute Gasteiger partial charge is 0.482 e. The third-order valence-electron chi connectivity index (χ3n) is 4.97. The SMILES string of the molecule is O=C(COc1ccc(/C=C2\C(=O)NC(=S)N(c3ccccc3F)C2=O)cc1Cl)Nc1ccccc1F. The maximum Gasteiger partial charge on any atom is 0.270 e. The van der Waals surface area contributed by atoms with Gasteiger partial charge in [-0.1, -0.05) is 41.9 Å². The van der Waals surface area contributed by atoms with Crippen LogP contribution in [0.1, 0.15) is 5.56 Å². The van der Waals surface area contributed by atoms with Crippen molar-refractivity contribution in [1.82, 2.24) is 5.32 Å². The van der Waals surface area contributed by atoms with Gasteiger partial charge in [-0.25, -0.2) is 13.7 Å². The number of rotatable bonds is 6. The fourth-order valence-corrected chi connectivity index (χ4v) is 3.81. The van der Waals surface area contributed by atoms with Crippen molar-refractivity contribution < 1.29 is 27.9 Å². The third-order valence-corrected chi connectivity index (χ3v) is 5.55. The molecule has 36 heavy (non-hydrogen) atoms. The number of hydrogen-bond acceptors (Lipinski definition) is 5. The van der Waals surface area contributed by atoms with Crippen LogP contribution in [0, 0.1) is 11.6 Å². The summed E-state index contributed by atoms with van der Waals surface area (Å²) in [6.45, 7) is -0.440. The molecule has 0 aromatic heterocycles. The van der Waals surface area contributed by atoms with Gasteiger partial charge < -0.3 is 10.1 Å². The number of thiocarbonyl (C=S) groups is 1. The van der Waals surface area contributed by atoms with Crippen LogP contribution in [0.5, 0.6) is 5.75 Å². The number of para-hydroxylation sites is 2. The zero-order valence-electron chi connectivity index (χ0n) is 18.3. The number of carbonyl (C=O) groups excluding carboxylic acids is 3. The van der Waals surface area contributed by atoms with Crippen LogP contribution in [-0.4, -0.2) is 29.4 Å². The van der Waals surface area contributed by atoms with Gasteiger partial charge in [-0.3, -0.25) is 19.7 Å². The molecule has 1 aliphatic rings. The molecule has 1 fully saturated rings. The Bertz CT molecular complexity index is 1430. The standard InChI is InChI=1S/C25H16ClF2N3O4S/c26-16-12-14(9-10-21(16)35-13-22(32)29-19-7-3-1-5-17(19)27)11-15-23(33)30-25(36)31(24(15)34)20-8-4-2-6-18(20)28/h1-12H,13H2,(H,29,32)(H,30,33,36)/b15-11+. The summed E-state index contributed by atoms with van der Waals surface area (Å²) in [5, 5.41) is 4.60. The number of nitrogens with one attached hydrogen (secondary N) is 2. The molecule has 1 heterocycles. The molecule has 4 rings (SSSR count). The fourth-order valence-electron chi connectivity index (χ4n) is 3.29. The smallest absolute Gasteiger partial charge is 0.270 e. The highest BCUT2D eigenvalue weighted by Gasteiger charge is 2.35. The predicted molar refractivity (Wildman–Crippen MR) is 135 cm³/mol. The molecule has 7 nitrogen and oxygen atoms in total. The lowest BCUT2D eigenvalue weighted by atomic mass is 10.1. The summed E-state index contributed by atoms with van der Waals surface area (Å²) in [7, 11) is 0. The van der Waals surface area contributed by atoms with Crippen LogP contribution in [0.3, 0.4) is 0 Å². The lowest BCUT2D eigenvalue weighted by molar-refractivity contribution is -0.122. The van der Waals surface area contributed by atoms with Crippen LogP contribution < -0.4 is 20.3 Å². The predicted octanol–water partition coefficient (Wildman–Crippen LogP) is 4.47. The molecule has 0 radical (unpaired) electrons. The van der Waals surface area contributed by atoms with Gasteiger partial charge >= 0.3 is 0 Å². The number of halogens is 3. The van der Waals surface area contributed by atoms with Crippen molar-refractivity contribution in [2.45, 2.75) is 0 Å². The van der Waals surface area contributed by atoms with E-state index in [1.54, 1.807) is 6.07 Å². The average molecular weight is 528 g/mol. The monoisotopic (exact) mass is 527 g/mol. The Labute approximate surface area is 214 Å². The highest BCUT2D eigenvalue weighted by atomic mass is 35.5. The second kappa shape index (κ2) is 10.6. The number of hydrogen-bond donors (Lipinski definition) is 2. The number of amides is 3. The summed E-state index contributed by atoms with van der Waals surface area (Å²) in [5.41, 5.74) is -0.0174. The topological polar surface area (TPSA) is 87.7 Å². The van der Waals surface area contributed by atoms with Crippen LogP contribution in [0.25, 0.3) is 6.08 Å². The van der Waals surface area contributed by atoms with Crippen LogP contribution in [-0.2, 0) is 14.4 Å². The molecule has 1 saturated heterocycles. The maximum atomic E-state index is 14.3. The second-order valence-corrected chi connectivity index (χ2v) is 8.21. The van der Waals surface area contributed by atoms with Crippen molar-refractivity contribution in [3.05, 3.63) is 94.5 Å². The van der Waals surface area contributed by atoms with E-state index in [0.29, 0.717) is 5.56 Å². The highest BCUT2D eigenvalue weighted by Crippen LogP contribution is 2.28. The summed E-state index contributed by atoms with van der Waals surface area (Å²) >= 11 is 11.3. The Morgan fingerprint density at radius 2 is 1.75 bits per heavy atom. The van der Waals surface area contributed by atoms with Gasteiger partial charge in [-0.15, -0.1) is 0 Å². The summed E-state index contributed by atoms with van der Waals surface area (Å²) in [5.74, 6) is -3.29. The summed E-state index contributed by atoms with van der Waals surface area (Å²) in [6, 6.07) is 15.6. The lowest BCUT2D eigenvalue weighted by Crippen LogP contribution is -2.54. The van der Waals surface area contributed by atoms with E-state index >= 15 is 0 Å². The van der Waals surface area contributed by atoms with Gasteiger partial charge in [0.25, 0.3) is 17.7 Å². The van der Waals surface area contributed by atoms with Gasteiger partial charge in [0.1, 0.15) is 23.0 Å². The van der Waals surface area contributed by atoms with Crippen molar-refractivity contribution in [3.8, 4) is 5.75 Å². The highest BCUT2D eigenvalue weighted by molar-refractivity contribution is 7.80. The van der Waals surface area contributed by atoms with Crippen molar-refractivity contribution in [3.63, 3.8) is 0 Å². The number of carbonyl (C=O) groups is 3. The first kappa shape index (κ1) is 25.0. The van der Waals surface area contributed by atoms with Gasteiger partial charge in [-0.2, -0.15) is 0 Å². The average Bonchev–Trinajstić information content (AvgIpc) is 2.84. The summed E-state index contributed by atoms with van der Waals surface area (Å²) in [6.07, 6.45) is 1.27. The first-order valence-corrected chi connectivity index (χ1v) is 11.2. The van der Waals surface area contributed by atoms with E-state index in [9.17, 15) is 23.2 Å². The van der Waals surface area contributed by atoms with Gasteiger partial charge in [0.2, 0.25) is 0 Å². The molecule has 0 atom stereocenters. The molecular weight excluding hydrogens is 512 g/mol. The van der Waals surface area contributed by atoms with E-state index in [1.807, 2.05) is 0 Å². The molecule has 0 aliphatic carbocycles. The molecule has 182 valence electrons. The molecule has 3 aromatic carbocycles. The van der Waals surface area contributed by atoms with Crippen LogP contribution in [0.15, 0.2) is 72.3 Å². The molecule has 1 aliphatic heterocycles. The zero-order chi connectivity index (χ0) is 25.8. The van der Waals surface area contributed by atoms with Crippen LogP contribution in [0.2, 0.25) is 5.02 Å². The quantitative estimate of drug-likeness (QED) is 0.281. The van der Waals surface area contributed by atoms with Crippen molar-refractivity contribution >= 4 is 64.1 Å². The molecule has 0 bridgehead atoms. The van der Waals surface area contributed by atoms with Crippen LogP contribution >= 0.6 is 23.8 Å². The van der Waals surface area contributed by atoms with E-state index in [1.165, 1.54) is 66.7 Å². The van der Waals surface area contributed by atoms with E-state index in [-0.39, 0.29) is 32.8 Å². The Morgan fingerprint density at radius 3 is 2.44 bits per heavy atom. The Kier molecular flexibility index (Phi) is 7.37. The van der Waals surface area contributed by atoms with Gasteiger partial charge in [-0.05, 0) is 60.3 Å². The number of nitrogens with zero attached hydrogens (tertiary/aromatic N) is 1. The Hall–Kier alpha value is -4.15. The second-order valence-electron chi connectivity index (χ2n) is 7.42. The molecular formula is C25H16ClF2N3O4S. The van der Waals surface area contributed by atoms with E-state index in [2.05, 4.69) is 10.6 Å². The van der Waals surface area contributed by atoms with Crippen molar-refractivity contribution in [1.29, 1.82) is 0 Å². The van der Waals surface area contributed by atoms with Gasteiger partial charge in [0.15, 0.2) is 11.7 Å². The Balaban J connectivity index is 1.49. The van der Waals surface area contributed by atoms with Crippen molar-refractivity contribution in [2.75, 3.05) is 16.8 Å². The molecule has 0 spiro atoms.